The molecule has 3 aromatic rings. The van der Waals surface area contributed by atoms with Crippen LogP contribution < -0.4 is 16.8 Å². The Hall–Kier alpha value is -2.62. The van der Waals surface area contributed by atoms with E-state index in [0.717, 1.165) is 0 Å². The summed E-state index contributed by atoms with van der Waals surface area (Å²) in [6.07, 6.45) is 4.96. The number of aromatic nitrogens is 5. The minimum atomic E-state index is -0.394. The molecule has 0 atom stereocenters. The molecule has 0 bridgehead atoms. The van der Waals surface area contributed by atoms with E-state index in [2.05, 4.69) is 26.4 Å². The van der Waals surface area contributed by atoms with Gasteiger partial charge in [-0.1, -0.05) is 5.21 Å². The Morgan fingerprint density at radius 1 is 1.29 bits per heavy atom. The molecule has 3 rings (SSSR count). The average Bonchev–Trinajstić information content (AvgIpc) is 3.16. The van der Waals surface area contributed by atoms with Gasteiger partial charge in [0, 0.05) is 18.5 Å². The standard InChI is InChI=1S/C12H13FN8/c13-11-6-10(2-3-12(11)20-5-1-4-16-20)21-8-9(17-19-21)7-15-18-14/h1-6,8,15,18H,7,14H2. The van der Waals surface area contributed by atoms with E-state index in [4.69, 9.17) is 5.84 Å². The number of hydrogen-bond donors (Lipinski definition) is 3. The molecule has 0 fully saturated rings. The molecule has 0 saturated heterocycles. The van der Waals surface area contributed by atoms with Crippen molar-refractivity contribution in [3.05, 3.63) is 54.4 Å². The Labute approximate surface area is 119 Å². The molecule has 4 N–H and O–H groups in total. The first-order valence-electron chi connectivity index (χ1n) is 6.17. The summed E-state index contributed by atoms with van der Waals surface area (Å²) in [6.45, 7) is 0.407. The maximum atomic E-state index is 14.1. The smallest absolute Gasteiger partial charge is 0.151 e. The summed E-state index contributed by atoms with van der Waals surface area (Å²) >= 11 is 0. The van der Waals surface area contributed by atoms with Crippen LogP contribution in [0.25, 0.3) is 11.4 Å². The Kier molecular flexibility index (Phi) is 3.69. The lowest BCUT2D eigenvalue weighted by Crippen LogP contribution is -2.37. The highest BCUT2D eigenvalue weighted by atomic mass is 19.1. The summed E-state index contributed by atoms with van der Waals surface area (Å²) in [5.74, 6) is 4.71. The highest BCUT2D eigenvalue weighted by Gasteiger charge is 2.08. The van der Waals surface area contributed by atoms with Gasteiger partial charge in [0.25, 0.3) is 0 Å². The summed E-state index contributed by atoms with van der Waals surface area (Å²) < 4.78 is 17.1. The van der Waals surface area contributed by atoms with E-state index in [9.17, 15) is 4.39 Å². The molecule has 1 aromatic carbocycles. The number of benzene rings is 1. The average molecular weight is 288 g/mol. The SMILES string of the molecule is NNNCc1cn(-c2ccc(-n3cccn3)c(F)c2)nn1. The van der Waals surface area contributed by atoms with Crippen molar-refractivity contribution in [2.75, 3.05) is 0 Å². The highest BCUT2D eigenvalue weighted by Crippen LogP contribution is 2.16. The first-order valence-corrected chi connectivity index (χ1v) is 6.17. The highest BCUT2D eigenvalue weighted by molar-refractivity contribution is 5.42. The third kappa shape index (κ3) is 2.79. The van der Waals surface area contributed by atoms with Gasteiger partial charge in [-0.15, -0.1) is 5.10 Å². The molecule has 0 saturated carbocycles. The van der Waals surface area contributed by atoms with Crippen molar-refractivity contribution >= 4 is 0 Å². The normalized spacial score (nSPS) is 11.0. The molecular weight excluding hydrogens is 275 g/mol. The molecule has 108 valence electrons. The molecule has 8 nitrogen and oxygen atoms in total. The van der Waals surface area contributed by atoms with Crippen LogP contribution >= 0.6 is 0 Å². The number of hydrazine groups is 2. The van der Waals surface area contributed by atoms with Gasteiger partial charge in [0.2, 0.25) is 0 Å². The minimum Gasteiger partial charge on any atom is -0.258 e. The first kappa shape index (κ1) is 13.4. The van der Waals surface area contributed by atoms with Crippen molar-refractivity contribution in [2.45, 2.75) is 6.54 Å². The maximum Gasteiger partial charge on any atom is 0.151 e. The van der Waals surface area contributed by atoms with Crippen LogP contribution in [0.2, 0.25) is 0 Å². The Bertz CT molecular complexity index is 721. The summed E-state index contributed by atoms with van der Waals surface area (Å²) in [7, 11) is 0. The van der Waals surface area contributed by atoms with Crippen LogP contribution in [0, 0.1) is 5.82 Å². The fourth-order valence-corrected chi connectivity index (χ4v) is 1.88. The number of nitrogens with two attached hydrogens (primary N) is 1. The molecule has 0 amide bonds. The van der Waals surface area contributed by atoms with E-state index in [1.165, 1.54) is 15.4 Å². The molecule has 9 heteroatoms. The molecule has 2 aromatic heterocycles. The molecule has 0 unspecified atom stereocenters. The fourth-order valence-electron chi connectivity index (χ4n) is 1.88. The van der Waals surface area contributed by atoms with Gasteiger partial charge in [0.05, 0.1) is 24.1 Å². The molecule has 0 aliphatic rings. The van der Waals surface area contributed by atoms with E-state index in [0.29, 0.717) is 23.6 Å². The summed E-state index contributed by atoms with van der Waals surface area (Å²) in [4.78, 5) is 0. The van der Waals surface area contributed by atoms with Gasteiger partial charge in [-0.2, -0.15) is 10.6 Å². The van der Waals surface area contributed by atoms with Gasteiger partial charge in [-0.25, -0.2) is 19.2 Å². The van der Waals surface area contributed by atoms with Crippen LogP contribution in [0.3, 0.4) is 0 Å². The molecule has 0 aliphatic heterocycles. The second kappa shape index (κ2) is 5.79. The lowest BCUT2D eigenvalue weighted by molar-refractivity contribution is 0.545. The third-order valence-electron chi connectivity index (χ3n) is 2.86. The van der Waals surface area contributed by atoms with Crippen LogP contribution in [-0.2, 0) is 6.54 Å². The maximum absolute atomic E-state index is 14.1. The number of hydrogen-bond acceptors (Lipinski definition) is 6. The van der Waals surface area contributed by atoms with Crippen LogP contribution in [-0.4, -0.2) is 24.8 Å². The quantitative estimate of drug-likeness (QED) is 0.453. The van der Waals surface area contributed by atoms with E-state index in [1.54, 1.807) is 36.8 Å². The van der Waals surface area contributed by atoms with Crippen LogP contribution in [0.5, 0.6) is 0 Å². The fraction of sp³-hybridized carbons (Fsp3) is 0.0833. The van der Waals surface area contributed by atoms with Gasteiger partial charge in [0.1, 0.15) is 5.69 Å². The van der Waals surface area contributed by atoms with Crippen molar-refractivity contribution < 1.29 is 4.39 Å². The number of nitrogens with one attached hydrogen (secondary N) is 2. The number of halogens is 1. The van der Waals surface area contributed by atoms with E-state index in [-0.39, 0.29) is 0 Å². The zero-order valence-corrected chi connectivity index (χ0v) is 10.9. The van der Waals surface area contributed by atoms with Crippen molar-refractivity contribution in [2.24, 2.45) is 5.84 Å². The van der Waals surface area contributed by atoms with Crippen LogP contribution in [0.15, 0.2) is 42.9 Å². The second-order valence-corrected chi connectivity index (χ2v) is 4.24. The van der Waals surface area contributed by atoms with E-state index < -0.39 is 5.82 Å². The lowest BCUT2D eigenvalue weighted by Gasteiger charge is -2.05. The number of rotatable bonds is 5. The van der Waals surface area contributed by atoms with E-state index in [1.807, 2.05) is 0 Å². The Balaban J connectivity index is 1.86. The number of nitrogens with zero attached hydrogens (tertiary/aromatic N) is 5. The summed E-state index contributed by atoms with van der Waals surface area (Å²) in [6, 6.07) is 6.49. The molecule has 21 heavy (non-hydrogen) atoms. The van der Waals surface area contributed by atoms with E-state index >= 15 is 0 Å². The monoisotopic (exact) mass is 288 g/mol. The van der Waals surface area contributed by atoms with Crippen molar-refractivity contribution in [3.63, 3.8) is 0 Å². The molecule has 0 aliphatic carbocycles. The Morgan fingerprint density at radius 2 is 2.19 bits per heavy atom. The zero-order valence-electron chi connectivity index (χ0n) is 10.9. The van der Waals surface area contributed by atoms with Gasteiger partial charge >= 0.3 is 0 Å². The topological polar surface area (TPSA) is 98.6 Å². The van der Waals surface area contributed by atoms with Crippen molar-refractivity contribution in [3.8, 4) is 11.4 Å². The molecular formula is C12H13FN8. The van der Waals surface area contributed by atoms with Crippen molar-refractivity contribution in [1.82, 2.24) is 35.7 Å². The third-order valence-corrected chi connectivity index (χ3v) is 2.86. The van der Waals surface area contributed by atoms with Gasteiger partial charge in [-0.05, 0) is 18.2 Å². The second-order valence-electron chi connectivity index (χ2n) is 4.24. The largest absolute Gasteiger partial charge is 0.258 e. The minimum absolute atomic E-state index is 0.373. The summed E-state index contributed by atoms with van der Waals surface area (Å²) in [5, 5.41) is 11.9. The zero-order chi connectivity index (χ0) is 14.7. The summed E-state index contributed by atoms with van der Waals surface area (Å²) in [5.41, 5.74) is 6.61. The molecule has 0 spiro atoms. The first-order chi connectivity index (χ1) is 10.3. The van der Waals surface area contributed by atoms with Gasteiger partial charge < -0.3 is 0 Å². The van der Waals surface area contributed by atoms with Crippen LogP contribution in [0.1, 0.15) is 5.69 Å². The Morgan fingerprint density at radius 3 is 2.90 bits per heavy atom. The molecule has 2 heterocycles. The predicted molar refractivity (Wildman–Crippen MR) is 72.6 cm³/mol. The van der Waals surface area contributed by atoms with Gasteiger partial charge in [-0.3, -0.25) is 5.84 Å². The lowest BCUT2D eigenvalue weighted by atomic mass is 10.2. The molecule has 0 radical (unpaired) electrons. The van der Waals surface area contributed by atoms with Crippen molar-refractivity contribution in [1.29, 1.82) is 0 Å². The predicted octanol–water partition coefficient (Wildman–Crippen LogP) is 0.0600. The van der Waals surface area contributed by atoms with Crippen LogP contribution in [0.4, 0.5) is 4.39 Å². The van der Waals surface area contributed by atoms with Gasteiger partial charge in [0.15, 0.2) is 5.82 Å².